The lowest BCUT2D eigenvalue weighted by molar-refractivity contribution is 0.0729. The Bertz CT molecular complexity index is 797. The first-order valence-corrected chi connectivity index (χ1v) is 8.08. The molecule has 0 spiro atoms. The standard InChI is InChI=1S/C16H15BrClN3O2/c1-9-7-11(14(22)15(17)19-9)10-3-4-13(12(18)8-10)21-6-5-20(2)16(21)23/h3-8,16,22-23H,1-2H3. The average molecular weight is 397 g/mol. The molecule has 1 aliphatic rings. The fourth-order valence-electron chi connectivity index (χ4n) is 2.46. The Kier molecular flexibility index (Phi) is 4.23. The lowest BCUT2D eigenvalue weighted by Gasteiger charge is -2.26. The molecular formula is C16H15BrClN3O2. The van der Waals surface area contributed by atoms with E-state index in [9.17, 15) is 10.2 Å². The van der Waals surface area contributed by atoms with E-state index in [0.29, 0.717) is 20.9 Å². The number of pyridine rings is 1. The minimum Gasteiger partial charge on any atom is -0.505 e. The van der Waals surface area contributed by atoms with Gasteiger partial charge in [-0.2, -0.15) is 0 Å². The molecule has 0 bridgehead atoms. The van der Waals surface area contributed by atoms with E-state index in [0.717, 1.165) is 11.3 Å². The fraction of sp³-hybridized carbons (Fsp3) is 0.188. The van der Waals surface area contributed by atoms with Gasteiger partial charge in [-0.05, 0) is 46.6 Å². The van der Waals surface area contributed by atoms with Crippen molar-refractivity contribution in [1.29, 1.82) is 0 Å². The molecule has 1 aromatic heterocycles. The van der Waals surface area contributed by atoms with Gasteiger partial charge >= 0.3 is 0 Å². The second-order valence-electron chi connectivity index (χ2n) is 5.33. The van der Waals surface area contributed by atoms with Crippen LogP contribution >= 0.6 is 27.5 Å². The van der Waals surface area contributed by atoms with Crippen LogP contribution < -0.4 is 4.90 Å². The fourth-order valence-corrected chi connectivity index (χ4v) is 3.24. The Morgan fingerprint density at radius 2 is 2.00 bits per heavy atom. The lowest BCUT2D eigenvalue weighted by Crippen LogP contribution is -2.36. The van der Waals surface area contributed by atoms with Crippen LogP contribution in [0.1, 0.15) is 5.69 Å². The number of benzene rings is 1. The Morgan fingerprint density at radius 1 is 1.26 bits per heavy atom. The Hall–Kier alpha value is -1.76. The lowest BCUT2D eigenvalue weighted by atomic mass is 10.0. The predicted octanol–water partition coefficient (Wildman–Crippen LogP) is 3.68. The summed E-state index contributed by atoms with van der Waals surface area (Å²) in [5.41, 5.74) is 2.89. The SMILES string of the molecule is Cc1cc(-c2ccc(N3C=CN(C)C3O)c(Cl)c2)c(O)c(Br)n1. The first kappa shape index (κ1) is 16.1. The molecule has 0 aliphatic carbocycles. The zero-order valence-corrected chi connectivity index (χ0v) is 14.9. The molecule has 0 radical (unpaired) electrons. The van der Waals surface area contributed by atoms with Crippen LogP contribution in [0.4, 0.5) is 5.69 Å². The van der Waals surface area contributed by atoms with Gasteiger partial charge in [-0.25, -0.2) is 4.98 Å². The number of hydrogen-bond acceptors (Lipinski definition) is 5. The Balaban J connectivity index is 2.02. The van der Waals surface area contributed by atoms with Crippen LogP contribution in [0, 0.1) is 6.92 Å². The van der Waals surface area contributed by atoms with Gasteiger partial charge in [0.05, 0.1) is 10.7 Å². The molecule has 2 aromatic rings. The molecule has 7 heteroatoms. The molecule has 120 valence electrons. The third-order valence-corrected chi connectivity index (χ3v) is 4.55. The van der Waals surface area contributed by atoms with Crippen molar-refractivity contribution < 1.29 is 10.2 Å². The normalized spacial score (nSPS) is 17.2. The first-order chi connectivity index (χ1) is 10.9. The minimum atomic E-state index is -0.788. The van der Waals surface area contributed by atoms with Crippen molar-refractivity contribution in [1.82, 2.24) is 9.88 Å². The predicted molar refractivity (Wildman–Crippen MR) is 94.2 cm³/mol. The maximum Gasteiger partial charge on any atom is 0.211 e. The number of aliphatic hydroxyl groups is 1. The molecule has 5 nitrogen and oxygen atoms in total. The highest BCUT2D eigenvalue weighted by Gasteiger charge is 2.24. The Labute approximate surface area is 147 Å². The number of aryl methyl sites for hydroxylation is 1. The molecule has 23 heavy (non-hydrogen) atoms. The van der Waals surface area contributed by atoms with Gasteiger partial charge in [0.2, 0.25) is 6.35 Å². The summed E-state index contributed by atoms with van der Waals surface area (Å²) in [5, 5.41) is 20.8. The van der Waals surface area contributed by atoms with E-state index in [2.05, 4.69) is 20.9 Å². The zero-order chi connectivity index (χ0) is 16.7. The molecule has 3 rings (SSSR count). The van der Waals surface area contributed by atoms with Crippen molar-refractivity contribution in [3.63, 3.8) is 0 Å². The number of halogens is 2. The van der Waals surface area contributed by atoms with Crippen LogP contribution in [0.15, 0.2) is 41.3 Å². The van der Waals surface area contributed by atoms with Crippen molar-refractivity contribution in [3.8, 4) is 16.9 Å². The zero-order valence-electron chi connectivity index (χ0n) is 12.5. The van der Waals surface area contributed by atoms with Crippen molar-refractivity contribution in [2.24, 2.45) is 0 Å². The van der Waals surface area contributed by atoms with E-state index >= 15 is 0 Å². The van der Waals surface area contributed by atoms with Crippen LogP contribution in [-0.2, 0) is 0 Å². The number of nitrogens with zero attached hydrogens (tertiary/aromatic N) is 3. The molecule has 1 aliphatic heterocycles. The highest BCUT2D eigenvalue weighted by molar-refractivity contribution is 9.10. The first-order valence-electron chi connectivity index (χ1n) is 6.91. The maximum atomic E-state index is 10.2. The van der Waals surface area contributed by atoms with E-state index < -0.39 is 6.35 Å². The van der Waals surface area contributed by atoms with Crippen molar-refractivity contribution in [2.75, 3.05) is 11.9 Å². The smallest absolute Gasteiger partial charge is 0.211 e. The number of aliphatic hydroxyl groups excluding tert-OH is 1. The summed E-state index contributed by atoms with van der Waals surface area (Å²) in [5.74, 6) is 0.0697. The van der Waals surface area contributed by atoms with Crippen LogP contribution in [0.5, 0.6) is 5.75 Å². The highest BCUT2D eigenvalue weighted by atomic mass is 79.9. The molecule has 2 N–H and O–H groups in total. The topological polar surface area (TPSA) is 59.8 Å². The van der Waals surface area contributed by atoms with Gasteiger partial charge < -0.3 is 20.0 Å². The van der Waals surface area contributed by atoms with Crippen molar-refractivity contribution >= 4 is 33.2 Å². The number of anilines is 1. The van der Waals surface area contributed by atoms with E-state index in [4.69, 9.17) is 11.6 Å². The van der Waals surface area contributed by atoms with Crippen LogP contribution in [-0.4, -0.2) is 33.5 Å². The summed E-state index contributed by atoms with van der Waals surface area (Å²) in [6, 6.07) is 7.22. The number of aromatic hydroxyl groups is 1. The van der Waals surface area contributed by atoms with Crippen molar-refractivity contribution in [2.45, 2.75) is 13.3 Å². The van der Waals surface area contributed by atoms with E-state index in [1.165, 1.54) is 0 Å². The van der Waals surface area contributed by atoms with Gasteiger partial charge in [-0.3, -0.25) is 0 Å². The molecule has 1 atom stereocenters. The molecule has 0 saturated heterocycles. The maximum absolute atomic E-state index is 10.2. The van der Waals surface area contributed by atoms with Crippen molar-refractivity contribution in [3.05, 3.63) is 52.0 Å². The molecule has 2 heterocycles. The Morgan fingerprint density at radius 3 is 2.61 bits per heavy atom. The third-order valence-electron chi connectivity index (χ3n) is 3.69. The van der Waals surface area contributed by atoms with Gasteiger partial charge in [0.15, 0.2) is 5.75 Å². The quantitative estimate of drug-likeness (QED) is 0.758. The molecule has 0 amide bonds. The van der Waals surface area contributed by atoms with Crippen LogP contribution in [0.3, 0.4) is 0 Å². The van der Waals surface area contributed by atoms with Gasteiger partial charge in [0, 0.05) is 30.7 Å². The summed E-state index contributed by atoms with van der Waals surface area (Å²) in [6.07, 6.45) is 2.74. The van der Waals surface area contributed by atoms with E-state index in [-0.39, 0.29) is 5.75 Å². The number of hydrogen-bond donors (Lipinski definition) is 2. The van der Waals surface area contributed by atoms with Gasteiger partial charge in [0.25, 0.3) is 0 Å². The van der Waals surface area contributed by atoms with E-state index in [1.807, 2.05) is 19.1 Å². The minimum absolute atomic E-state index is 0.0697. The average Bonchev–Trinajstić information content (AvgIpc) is 2.83. The summed E-state index contributed by atoms with van der Waals surface area (Å²) in [7, 11) is 1.78. The summed E-state index contributed by atoms with van der Waals surface area (Å²) >= 11 is 9.64. The summed E-state index contributed by atoms with van der Waals surface area (Å²) in [6.45, 7) is 1.85. The second kappa shape index (κ2) is 6.03. The van der Waals surface area contributed by atoms with E-state index in [1.54, 1.807) is 41.4 Å². The number of aromatic nitrogens is 1. The largest absolute Gasteiger partial charge is 0.505 e. The molecule has 1 aromatic carbocycles. The monoisotopic (exact) mass is 395 g/mol. The summed E-state index contributed by atoms with van der Waals surface area (Å²) < 4.78 is 0.396. The van der Waals surface area contributed by atoms with Gasteiger partial charge in [-0.1, -0.05) is 17.7 Å². The molecule has 0 saturated carbocycles. The summed E-state index contributed by atoms with van der Waals surface area (Å²) in [4.78, 5) is 7.49. The highest BCUT2D eigenvalue weighted by Crippen LogP contribution is 2.39. The molecular weight excluding hydrogens is 382 g/mol. The number of rotatable bonds is 2. The molecule has 0 fully saturated rings. The van der Waals surface area contributed by atoms with Gasteiger partial charge in [0.1, 0.15) is 4.60 Å². The third kappa shape index (κ3) is 2.89. The second-order valence-corrected chi connectivity index (χ2v) is 6.49. The van der Waals surface area contributed by atoms with Gasteiger partial charge in [-0.15, -0.1) is 0 Å². The van der Waals surface area contributed by atoms with Crippen LogP contribution in [0.2, 0.25) is 5.02 Å². The molecule has 1 unspecified atom stereocenters. The van der Waals surface area contributed by atoms with Crippen LogP contribution in [0.25, 0.3) is 11.1 Å².